The number of aliphatic hydroxyl groups is 1. The van der Waals surface area contributed by atoms with Crippen molar-refractivity contribution in [3.05, 3.63) is 30.0 Å². The number of aryl methyl sites for hydroxylation is 1. The average molecular weight is 247 g/mol. The first kappa shape index (κ1) is 13.1. The number of aromatic nitrogens is 2. The van der Waals surface area contributed by atoms with Crippen LogP contribution < -0.4 is 5.32 Å². The van der Waals surface area contributed by atoms with Crippen LogP contribution in [0.4, 0.5) is 0 Å². The highest BCUT2D eigenvalue weighted by Crippen LogP contribution is 2.19. The molecule has 0 bridgehead atoms. The Morgan fingerprint density at radius 2 is 2.11 bits per heavy atom. The maximum atomic E-state index is 9.96. The van der Waals surface area contributed by atoms with Crippen molar-refractivity contribution in [2.45, 2.75) is 32.9 Å². The van der Waals surface area contributed by atoms with Gasteiger partial charge in [0.25, 0.3) is 0 Å². The number of benzene rings is 1. The fraction of sp³-hybridized carbons (Fsp3) is 0.500. The van der Waals surface area contributed by atoms with Gasteiger partial charge in [-0.3, -0.25) is 4.68 Å². The van der Waals surface area contributed by atoms with Crippen molar-refractivity contribution in [1.82, 2.24) is 15.1 Å². The summed E-state index contributed by atoms with van der Waals surface area (Å²) in [5, 5.41) is 18.8. The maximum absolute atomic E-state index is 9.96. The van der Waals surface area contributed by atoms with Crippen molar-refractivity contribution < 1.29 is 5.11 Å². The Balaban J connectivity index is 2.22. The van der Waals surface area contributed by atoms with Gasteiger partial charge in [-0.25, -0.2) is 0 Å². The average Bonchev–Trinajstić information content (AvgIpc) is 2.75. The molecular formula is C14H21N3O. The summed E-state index contributed by atoms with van der Waals surface area (Å²) in [5.74, 6) is 0. The zero-order valence-electron chi connectivity index (χ0n) is 11.1. The van der Waals surface area contributed by atoms with Crippen molar-refractivity contribution in [2.24, 2.45) is 0 Å². The topological polar surface area (TPSA) is 50.1 Å². The lowest BCUT2D eigenvalue weighted by Crippen LogP contribution is -2.28. The molecule has 1 aromatic carbocycles. The van der Waals surface area contributed by atoms with Crippen LogP contribution in [0, 0.1) is 0 Å². The van der Waals surface area contributed by atoms with Gasteiger partial charge < -0.3 is 10.4 Å². The first-order valence-corrected chi connectivity index (χ1v) is 6.59. The minimum absolute atomic E-state index is 0.381. The van der Waals surface area contributed by atoms with Crippen molar-refractivity contribution in [3.63, 3.8) is 0 Å². The number of hydrogen-bond acceptors (Lipinski definition) is 3. The van der Waals surface area contributed by atoms with Crippen LogP contribution in [0.1, 0.15) is 19.5 Å². The standard InChI is InChI=1S/C14H21N3O/c1-3-15-10-11(18)9-13-12-7-5-6-8-14(12)17(4-2)16-13/h5-8,11,15,18H,3-4,9-10H2,1-2H3. The molecule has 0 fully saturated rings. The third-order valence-electron chi connectivity index (χ3n) is 3.09. The van der Waals surface area contributed by atoms with Gasteiger partial charge in [0.15, 0.2) is 0 Å². The number of aliphatic hydroxyl groups excluding tert-OH is 1. The molecule has 0 saturated heterocycles. The quantitative estimate of drug-likeness (QED) is 0.814. The van der Waals surface area contributed by atoms with E-state index in [9.17, 15) is 5.11 Å². The highest BCUT2D eigenvalue weighted by atomic mass is 16.3. The smallest absolute Gasteiger partial charge is 0.0729 e. The third kappa shape index (κ3) is 2.71. The predicted octanol–water partition coefficient (Wildman–Crippen LogP) is 1.57. The van der Waals surface area contributed by atoms with Crippen LogP contribution in [0.5, 0.6) is 0 Å². The molecule has 0 aliphatic rings. The van der Waals surface area contributed by atoms with E-state index in [1.165, 1.54) is 0 Å². The highest BCUT2D eigenvalue weighted by Gasteiger charge is 2.13. The Bertz CT molecular complexity index is 507. The van der Waals surface area contributed by atoms with Crippen LogP contribution >= 0.6 is 0 Å². The number of nitrogens with one attached hydrogen (secondary N) is 1. The second-order valence-electron chi connectivity index (χ2n) is 4.45. The summed E-state index contributed by atoms with van der Waals surface area (Å²) in [6.45, 7) is 6.46. The summed E-state index contributed by atoms with van der Waals surface area (Å²) in [4.78, 5) is 0. The van der Waals surface area contributed by atoms with Gasteiger partial charge in [0.2, 0.25) is 0 Å². The highest BCUT2D eigenvalue weighted by molar-refractivity contribution is 5.81. The van der Waals surface area contributed by atoms with E-state index in [1.807, 2.05) is 23.7 Å². The van der Waals surface area contributed by atoms with E-state index < -0.39 is 0 Å². The summed E-state index contributed by atoms with van der Waals surface area (Å²) in [5.41, 5.74) is 2.13. The van der Waals surface area contributed by atoms with Crippen LogP contribution in [0.2, 0.25) is 0 Å². The van der Waals surface area contributed by atoms with Gasteiger partial charge >= 0.3 is 0 Å². The normalized spacial score (nSPS) is 13.1. The molecule has 98 valence electrons. The number of para-hydroxylation sites is 1. The van der Waals surface area contributed by atoms with Gasteiger partial charge in [0, 0.05) is 24.9 Å². The lowest BCUT2D eigenvalue weighted by atomic mass is 10.1. The Hall–Kier alpha value is -1.39. The SMILES string of the molecule is CCNCC(O)Cc1nn(CC)c2ccccc12. The maximum Gasteiger partial charge on any atom is 0.0729 e. The molecule has 0 amide bonds. The molecule has 1 atom stereocenters. The fourth-order valence-corrected chi connectivity index (χ4v) is 2.19. The molecule has 4 heteroatoms. The van der Waals surface area contributed by atoms with Crippen molar-refractivity contribution >= 4 is 10.9 Å². The first-order chi connectivity index (χ1) is 8.76. The lowest BCUT2D eigenvalue weighted by Gasteiger charge is -2.09. The zero-order valence-corrected chi connectivity index (χ0v) is 11.1. The van der Waals surface area contributed by atoms with Gasteiger partial charge in [-0.05, 0) is 19.5 Å². The number of hydrogen-bond donors (Lipinski definition) is 2. The molecule has 2 N–H and O–H groups in total. The van der Waals surface area contributed by atoms with E-state index in [0.29, 0.717) is 13.0 Å². The number of likely N-dealkylation sites (N-methyl/N-ethyl adjacent to an activating group) is 1. The molecule has 0 aliphatic heterocycles. The second-order valence-corrected chi connectivity index (χ2v) is 4.45. The van der Waals surface area contributed by atoms with Crippen LogP contribution in [0.15, 0.2) is 24.3 Å². The molecule has 1 heterocycles. The van der Waals surface area contributed by atoms with Crippen LogP contribution in [0.3, 0.4) is 0 Å². The Labute approximate surface area is 108 Å². The van der Waals surface area contributed by atoms with Crippen LogP contribution in [-0.2, 0) is 13.0 Å². The van der Waals surface area contributed by atoms with E-state index >= 15 is 0 Å². The summed E-state index contributed by atoms with van der Waals surface area (Å²) in [6, 6.07) is 8.19. The number of rotatable bonds is 6. The number of nitrogens with zero attached hydrogens (tertiary/aromatic N) is 2. The van der Waals surface area contributed by atoms with Crippen molar-refractivity contribution in [2.75, 3.05) is 13.1 Å². The minimum Gasteiger partial charge on any atom is -0.391 e. The molecule has 2 aromatic rings. The Morgan fingerprint density at radius 3 is 2.83 bits per heavy atom. The summed E-state index contributed by atoms with van der Waals surface area (Å²) >= 11 is 0. The minimum atomic E-state index is -0.381. The van der Waals surface area contributed by atoms with Gasteiger partial charge in [-0.2, -0.15) is 5.10 Å². The third-order valence-corrected chi connectivity index (χ3v) is 3.09. The number of fused-ring (bicyclic) bond motifs is 1. The summed E-state index contributed by atoms with van der Waals surface area (Å²) in [7, 11) is 0. The monoisotopic (exact) mass is 247 g/mol. The van der Waals surface area contributed by atoms with E-state index in [1.54, 1.807) is 0 Å². The fourth-order valence-electron chi connectivity index (χ4n) is 2.19. The lowest BCUT2D eigenvalue weighted by molar-refractivity contribution is 0.171. The van der Waals surface area contributed by atoms with Crippen LogP contribution in [-0.4, -0.2) is 34.1 Å². The summed E-state index contributed by atoms with van der Waals surface area (Å²) in [6.07, 6.45) is 0.217. The van der Waals surface area contributed by atoms with E-state index in [0.717, 1.165) is 29.7 Å². The van der Waals surface area contributed by atoms with Crippen LogP contribution in [0.25, 0.3) is 10.9 Å². The Morgan fingerprint density at radius 1 is 1.33 bits per heavy atom. The van der Waals surface area contributed by atoms with Crippen molar-refractivity contribution in [3.8, 4) is 0 Å². The Kier molecular flexibility index (Phi) is 4.33. The van der Waals surface area contributed by atoms with Gasteiger partial charge in [-0.15, -0.1) is 0 Å². The largest absolute Gasteiger partial charge is 0.391 e. The second kappa shape index (κ2) is 5.98. The predicted molar refractivity (Wildman–Crippen MR) is 73.7 cm³/mol. The molecule has 2 rings (SSSR count). The van der Waals surface area contributed by atoms with Crippen molar-refractivity contribution in [1.29, 1.82) is 0 Å². The molecule has 0 spiro atoms. The molecule has 0 radical (unpaired) electrons. The molecule has 0 aliphatic carbocycles. The van der Waals surface area contributed by atoms with Gasteiger partial charge in [-0.1, -0.05) is 25.1 Å². The molecule has 1 aromatic heterocycles. The molecule has 1 unspecified atom stereocenters. The van der Waals surface area contributed by atoms with E-state index in [4.69, 9.17) is 0 Å². The first-order valence-electron chi connectivity index (χ1n) is 6.59. The summed E-state index contributed by atoms with van der Waals surface area (Å²) < 4.78 is 1.99. The molecule has 4 nitrogen and oxygen atoms in total. The zero-order chi connectivity index (χ0) is 13.0. The molecule has 0 saturated carbocycles. The molecular weight excluding hydrogens is 226 g/mol. The van der Waals surface area contributed by atoms with E-state index in [-0.39, 0.29) is 6.10 Å². The van der Waals surface area contributed by atoms with Gasteiger partial charge in [0.1, 0.15) is 0 Å². The van der Waals surface area contributed by atoms with E-state index in [2.05, 4.69) is 29.5 Å². The molecule has 18 heavy (non-hydrogen) atoms. The van der Waals surface area contributed by atoms with Gasteiger partial charge in [0.05, 0.1) is 17.3 Å².